The quantitative estimate of drug-likeness (QED) is 0.733. The number of rotatable bonds is 7. The zero-order chi connectivity index (χ0) is 17.7. The first kappa shape index (κ1) is 19.1. The van der Waals surface area contributed by atoms with E-state index < -0.39 is 0 Å². The van der Waals surface area contributed by atoms with E-state index in [4.69, 9.17) is 23.2 Å². The Morgan fingerprint density at radius 1 is 1.42 bits per heavy atom. The largest absolute Gasteiger partial charge is 0.322 e. The van der Waals surface area contributed by atoms with Gasteiger partial charge >= 0.3 is 0 Å². The molecule has 1 heterocycles. The van der Waals surface area contributed by atoms with Gasteiger partial charge in [-0.25, -0.2) is 0 Å². The summed E-state index contributed by atoms with van der Waals surface area (Å²) >= 11 is 13.5. The zero-order valence-corrected chi connectivity index (χ0v) is 16.1. The Hall–Kier alpha value is -1.21. The Morgan fingerprint density at radius 3 is 2.88 bits per heavy atom. The fourth-order valence-corrected chi connectivity index (χ4v) is 3.32. The van der Waals surface area contributed by atoms with Gasteiger partial charge in [-0.3, -0.25) is 9.48 Å². The van der Waals surface area contributed by atoms with Gasteiger partial charge in [0, 0.05) is 22.7 Å². The minimum atomic E-state index is -0.314. The van der Waals surface area contributed by atoms with E-state index in [1.165, 1.54) is 11.8 Å². The monoisotopic (exact) mass is 386 g/mol. The molecule has 8 heteroatoms. The predicted molar refractivity (Wildman–Crippen MR) is 101 cm³/mol. The summed E-state index contributed by atoms with van der Waals surface area (Å²) in [6, 6.07) is 5.21. The van der Waals surface area contributed by atoms with Gasteiger partial charge in [-0.15, -0.1) is 11.8 Å². The number of aromatic nitrogens is 2. The number of benzene rings is 1. The summed E-state index contributed by atoms with van der Waals surface area (Å²) in [5.41, 5.74) is 0.684. The topological polar surface area (TPSA) is 50.2 Å². The first-order valence-electron chi connectivity index (χ1n) is 7.45. The summed E-state index contributed by atoms with van der Waals surface area (Å²) in [6.07, 6.45) is 3.47. The van der Waals surface area contributed by atoms with Gasteiger partial charge in [0.1, 0.15) is 0 Å². The molecule has 1 amide bonds. The van der Waals surface area contributed by atoms with Crippen LogP contribution in [0.1, 0.15) is 6.92 Å². The number of halogens is 2. The van der Waals surface area contributed by atoms with Gasteiger partial charge in [0.2, 0.25) is 5.91 Å². The lowest BCUT2D eigenvalue weighted by atomic mass is 10.4. The molecule has 0 aliphatic heterocycles. The summed E-state index contributed by atoms with van der Waals surface area (Å²) in [6.45, 7) is 3.48. The lowest BCUT2D eigenvalue weighted by Gasteiger charge is -2.12. The van der Waals surface area contributed by atoms with Crippen LogP contribution < -0.4 is 5.32 Å². The maximum Gasteiger partial charge on any atom is 0.237 e. The van der Waals surface area contributed by atoms with Crippen LogP contribution in [-0.2, 0) is 11.3 Å². The highest BCUT2D eigenvalue weighted by Gasteiger charge is 2.17. The third-order valence-corrected chi connectivity index (χ3v) is 5.08. The Balaban J connectivity index is 1.93. The lowest BCUT2D eigenvalue weighted by molar-refractivity contribution is -0.115. The molecule has 0 fully saturated rings. The van der Waals surface area contributed by atoms with Crippen molar-refractivity contribution >= 4 is 46.6 Å². The smallest absolute Gasteiger partial charge is 0.237 e. The van der Waals surface area contributed by atoms with E-state index in [1.807, 2.05) is 27.2 Å². The van der Waals surface area contributed by atoms with Crippen molar-refractivity contribution in [3.8, 4) is 0 Å². The molecule has 0 saturated heterocycles. The first-order valence-corrected chi connectivity index (χ1v) is 9.08. The molecule has 2 rings (SSSR count). The number of thioether (sulfide) groups is 1. The Bertz CT molecular complexity index is 705. The van der Waals surface area contributed by atoms with Crippen LogP contribution in [-0.4, -0.2) is 46.5 Å². The van der Waals surface area contributed by atoms with Gasteiger partial charge in [-0.2, -0.15) is 5.10 Å². The van der Waals surface area contributed by atoms with E-state index in [1.54, 1.807) is 29.1 Å². The van der Waals surface area contributed by atoms with Crippen LogP contribution in [0.5, 0.6) is 0 Å². The molecule has 2 aromatic rings. The molecular formula is C16H20Cl2N4OS. The van der Waals surface area contributed by atoms with E-state index in [0.717, 1.165) is 18.0 Å². The molecule has 1 aromatic carbocycles. The molecule has 1 N–H and O–H groups in total. The van der Waals surface area contributed by atoms with Crippen LogP contribution in [0.2, 0.25) is 10.0 Å². The number of anilines is 1. The van der Waals surface area contributed by atoms with Crippen molar-refractivity contribution in [1.29, 1.82) is 0 Å². The Labute approximate surface area is 156 Å². The van der Waals surface area contributed by atoms with Crippen molar-refractivity contribution in [3.63, 3.8) is 0 Å². The van der Waals surface area contributed by atoms with Crippen LogP contribution in [0.25, 0.3) is 0 Å². The number of hydrogen-bond acceptors (Lipinski definition) is 4. The average molecular weight is 387 g/mol. The minimum absolute atomic E-state index is 0.108. The lowest BCUT2D eigenvalue weighted by Crippen LogP contribution is -2.22. The SMILES string of the molecule is CC(Sc1cc(Cl)ccc1Cl)C(=O)Nc1cnn(CCN(C)C)c1. The summed E-state index contributed by atoms with van der Waals surface area (Å²) in [4.78, 5) is 15.2. The van der Waals surface area contributed by atoms with Crippen molar-refractivity contribution < 1.29 is 4.79 Å². The number of carbonyl (C=O) groups is 1. The predicted octanol–water partition coefficient (Wildman–Crippen LogP) is 3.87. The number of nitrogens with zero attached hydrogens (tertiary/aromatic N) is 3. The maximum absolute atomic E-state index is 12.3. The van der Waals surface area contributed by atoms with E-state index in [2.05, 4.69) is 15.3 Å². The van der Waals surface area contributed by atoms with Crippen LogP contribution in [0.4, 0.5) is 5.69 Å². The van der Waals surface area contributed by atoms with E-state index in [-0.39, 0.29) is 11.2 Å². The van der Waals surface area contributed by atoms with Crippen molar-refractivity contribution in [2.24, 2.45) is 0 Å². The van der Waals surface area contributed by atoms with Crippen molar-refractivity contribution in [2.75, 3.05) is 26.0 Å². The second-order valence-corrected chi connectivity index (χ2v) is 7.85. The molecule has 1 aromatic heterocycles. The standard InChI is InChI=1S/C16H20Cl2N4OS/c1-11(24-15-8-12(17)4-5-14(15)18)16(23)20-13-9-19-22(10-13)7-6-21(2)3/h4-5,8-11H,6-7H2,1-3H3,(H,20,23). The fraction of sp³-hybridized carbons (Fsp3) is 0.375. The van der Waals surface area contributed by atoms with Crippen molar-refractivity contribution in [2.45, 2.75) is 23.6 Å². The first-order chi connectivity index (χ1) is 11.3. The molecule has 0 saturated carbocycles. The molecule has 24 heavy (non-hydrogen) atoms. The van der Waals surface area contributed by atoms with Crippen molar-refractivity contribution in [1.82, 2.24) is 14.7 Å². The second-order valence-electron chi connectivity index (χ2n) is 5.62. The van der Waals surface area contributed by atoms with E-state index >= 15 is 0 Å². The van der Waals surface area contributed by atoms with Gasteiger partial charge in [0.15, 0.2) is 0 Å². The van der Waals surface area contributed by atoms with Crippen LogP contribution in [0, 0.1) is 0 Å². The second kappa shape index (κ2) is 8.76. The molecule has 0 aliphatic rings. The maximum atomic E-state index is 12.3. The van der Waals surface area contributed by atoms with Crippen molar-refractivity contribution in [3.05, 3.63) is 40.6 Å². The molecule has 1 atom stereocenters. The molecule has 5 nitrogen and oxygen atoms in total. The molecular weight excluding hydrogens is 367 g/mol. The molecule has 0 radical (unpaired) electrons. The third kappa shape index (κ3) is 5.70. The van der Waals surface area contributed by atoms with Gasteiger partial charge in [0.05, 0.1) is 28.7 Å². The summed E-state index contributed by atoms with van der Waals surface area (Å²) in [5, 5.41) is 7.98. The highest BCUT2D eigenvalue weighted by Crippen LogP contribution is 2.32. The van der Waals surface area contributed by atoms with Crippen LogP contribution in [0.15, 0.2) is 35.5 Å². The molecule has 130 valence electrons. The minimum Gasteiger partial charge on any atom is -0.322 e. The highest BCUT2D eigenvalue weighted by atomic mass is 35.5. The van der Waals surface area contributed by atoms with Gasteiger partial charge < -0.3 is 10.2 Å². The number of carbonyl (C=O) groups excluding carboxylic acids is 1. The molecule has 0 bridgehead atoms. The molecule has 0 aliphatic carbocycles. The summed E-state index contributed by atoms with van der Waals surface area (Å²) in [7, 11) is 4.01. The highest BCUT2D eigenvalue weighted by molar-refractivity contribution is 8.00. The van der Waals surface area contributed by atoms with Gasteiger partial charge in [0.25, 0.3) is 0 Å². The zero-order valence-electron chi connectivity index (χ0n) is 13.8. The number of nitrogens with one attached hydrogen (secondary N) is 1. The number of hydrogen-bond donors (Lipinski definition) is 1. The Kier molecular flexibility index (Phi) is 6.98. The van der Waals surface area contributed by atoms with Crippen LogP contribution in [0.3, 0.4) is 0 Å². The van der Waals surface area contributed by atoms with E-state index in [0.29, 0.717) is 15.7 Å². The van der Waals surface area contributed by atoms with Gasteiger partial charge in [-0.1, -0.05) is 23.2 Å². The molecule has 0 spiro atoms. The average Bonchev–Trinajstić information content (AvgIpc) is 2.96. The summed E-state index contributed by atoms with van der Waals surface area (Å²) in [5.74, 6) is -0.108. The normalized spacial score (nSPS) is 12.4. The number of likely N-dealkylation sites (N-methyl/N-ethyl adjacent to an activating group) is 1. The fourth-order valence-electron chi connectivity index (χ4n) is 1.91. The van der Waals surface area contributed by atoms with Crippen LogP contribution >= 0.6 is 35.0 Å². The summed E-state index contributed by atoms with van der Waals surface area (Å²) < 4.78 is 1.81. The third-order valence-electron chi connectivity index (χ3n) is 3.24. The molecule has 1 unspecified atom stereocenters. The Morgan fingerprint density at radius 2 is 2.17 bits per heavy atom. The number of amides is 1. The van der Waals surface area contributed by atoms with Gasteiger partial charge in [-0.05, 0) is 39.2 Å². The van der Waals surface area contributed by atoms with E-state index in [9.17, 15) is 4.79 Å².